The second kappa shape index (κ2) is 6.40. The molecule has 0 bridgehead atoms. The van der Waals surface area contributed by atoms with Gasteiger partial charge in [-0.1, -0.05) is 50.1 Å². The van der Waals surface area contributed by atoms with Gasteiger partial charge in [0.15, 0.2) is 0 Å². The van der Waals surface area contributed by atoms with Gasteiger partial charge in [0.1, 0.15) is 0 Å². The van der Waals surface area contributed by atoms with E-state index in [2.05, 4.69) is 12.2 Å². The van der Waals surface area contributed by atoms with Crippen molar-refractivity contribution in [3.05, 3.63) is 35.9 Å². The van der Waals surface area contributed by atoms with Crippen molar-refractivity contribution in [3.8, 4) is 0 Å². The molecule has 1 aromatic carbocycles. The third kappa shape index (κ3) is 3.40. The van der Waals surface area contributed by atoms with E-state index in [1.807, 2.05) is 37.3 Å². The summed E-state index contributed by atoms with van der Waals surface area (Å²) in [5.41, 5.74) is 0.597. The van der Waals surface area contributed by atoms with E-state index in [0.29, 0.717) is 5.92 Å². The molecule has 1 fully saturated rings. The fourth-order valence-electron chi connectivity index (χ4n) is 3.22. The van der Waals surface area contributed by atoms with Crippen molar-refractivity contribution >= 4 is 5.91 Å². The number of amides is 1. The van der Waals surface area contributed by atoms with E-state index >= 15 is 0 Å². The second-order valence-electron chi connectivity index (χ2n) is 6.26. The average Bonchev–Trinajstić information content (AvgIpc) is 2.47. The highest BCUT2D eigenvalue weighted by Crippen LogP contribution is 2.32. The van der Waals surface area contributed by atoms with Crippen LogP contribution in [0.2, 0.25) is 0 Å². The van der Waals surface area contributed by atoms with Gasteiger partial charge in [-0.15, -0.1) is 0 Å². The van der Waals surface area contributed by atoms with E-state index < -0.39 is 5.54 Å². The van der Waals surface area contributed by atoms with Gasteiger partial charge in [-0.25, -0.2) is 0 Å². The summed E-state index contributed by atoms with van der Waals surface area (Å²) in [4.78, 5) is 12.5. The van der Waals surface area contributed by atoms with Crippen LogP contribution in [0.4, 0.5) is 0 Å². The quantitative estimate of drug-likeness (QED) is 0.887. The summed E-state index contributed by atoms with van der Waals surface area (Å²) >= 11 is 0. The van der Waals surface area contributed by atoms with Crippen LogP contribution in [0.25, 0.3) is 0 Å². The van der Waals surface area contributed by atoms with Crippen molar-refractivity contribution in [2.45, 2.75) is 51.0 Å². The fraction of sp³-hybridized carbons (Fsp3) is 0.588. The topological polar surface area (TPSA) is 49.3 Å². The lowest BCUT2D eigenvalue weighted by molar-refractivity contribution is -0.125. The van der Waals surface area contributed by atoms with Gasteiger partial charge >= 0.3 is 0 Å². The maximum absolute atomic E-state index is 12.5. The van der Waals surface area contributed by atoms with Gasteiger partial charge in [0.25, 0.3) is 0 Å². The lowest BCUT2D eigenvalue weighted by atomic mass is 9.76. The Bertz CT molecular complexity index is 446. The Labute approximate surface area is 121 Å². The highest BCUT2D eigenvalue weighted by Gasteiger charge is 2.36. The van der Waals surface area contributed by atoms with Gasteiger partial charge in [-0.05, 0) is 31.2 Å². The van der Waals surface area contributed by atoms with Gasteiger partial charge in [-0.3, -0.25) is 4.79 Å². The van der Waals surface area contributed by atoms with Crippen LogP contribution in [0.5, 0.6) is 0 Å². The number of aliphatic hydroxyl groups is 1. The minimum Gasteiger partial charge on any atom is -0.394 e. The lowest BCUT2D eigenvalue weighted by Crippen LogP contribution is -2.54. The van der Waals surface area contributed by atoms with Crippen molar-refractivity contribution in [2.75, 3.05) is 6.61 Å². The number of nitrogens with one attached hydrogen (secondary N) is 1. The molecule has 1 saturated carbocycles. The maximum atomic E-state index is 12.5. The third-order valence-electron chi connectivity index (χ3n) is 4.48. The number of hydrogen-bond acceptors (Lipinski definition) is 2. The van der Waals surface area contributed by atoms with Gasteiger partial charge in [0.05, 0.1) is 18.1 Å². The number of rotatable bonds is 4. The summed E-state index contributed by atoms with van der Waals surface area (Å²) in [6.07, 6.45) is 4.01. The van der Waals surface area contributed by atoms with Crippen LogP contribution in [-0.4, -0.2) is 23.2 Å². The number of aliphatic hydroxyl groups excluding tert-OH is 1. The van der Waals surface area contributed by atoms with Crippen molar-refractivity contribution in [1.29, 1.82) is 0 Å². The molecule has 1 aliphatic carbocycles. The molecule has 0 spiro atoms. The largest absolute Gasteiger partial charge is 0.394 e. The standard InChI is InChI=1S/C17H25NO2/c1-13-7-6-10-17(11-13,12-19)18-16(20)14(2)15-8-4-3-5-9-15/h3-5,8-9,13-14,19H,6-7,10-12H2,1-2H3,(H,18,20). The molecule has 1 amide bonds. The van der Waals surface area contributed by atoms with Crippen LogP contribution >= 0.6 is 0 Å². The van der Waals surface area contributed by atoms with Crippen molar-refractivity contribution in [2.24, 2.45) is 5.92 Å². The number of carbonyl (C=O) groups excluding carboxylic acids is 1. The third-order valence-corrected chi connectivity index (χ3v) is 4.48. The van der Waals surface area contributed by atoms with Crippen LogP contribution in [0.3, 0.4) is 0 Å². The van der Waals surface area contributed by atoms with Crippen molar-refractivity contribution in [1.82, 2.24) is 5.32 Å². The fourth-order valence-corrected chi connectivity index (χ4v) is 3.22. The van der Waals surface area contributed by atoms with E-state index in [9.17, 15) is 9.90 Å². The first-order valence-electron chi connectivity index (χ1n) is 7.54. The predicted molar refractivity (Wildman–Crippen MR) is 80.4 cm³/mol. The van der Waals surface area contributed by atoms with Gasteiger partial charge in [0, 0.05) is 0 Å². The van der Waals surface area contributed by atoms with E-state index in [0.717, 1.165) is 24.8 Å². The first-order chi connectivity index (χ1) is 9.56. The maximum Gasteiger partial charge on any atom is 0.227 e. The molecule has 0 aliphatic heterocycles. The van der Waals surface area contributed by atoms with E-state index in [1.165, 1.54) is 6.42 Å². The molecular weight excluding hydrogens is 250 g/mol. The first kappa shape index (κ1) is 15.0. The van der Waals surface area contributed by atoms with Crippen molar-refractivity contribution < 1.29 is 9.90 Å². The molecule has 3 atom stereocenters. The first-order valence-corrected chi connectivity index (χ1v) is 7.54. The van der Waals surface area contributed by atoms with Gasteiger partial charge < -0.3 is 10.4 Å². The van der Waals surface area contributed by atoms with Crippen LogP contribution in [0.15, 0.2) is 30.3 Å². The minimum absolute atomic E-state index is 0.0133. The van der Waals surface area contributed by atoms with E-state index in [-0.39, 0.29) is 18.4 Å². The smallest absolute Gasteiger partial charge is 0.227 e. The summed E-state index contributed by atoms with van der Waals surface area (Å²) in [7, 11) is 0. The summed E-state index contributed by atoms with van der Waals surface area (Å²) < 4.78 is 0. The van der Waals surface area contributed by atoms with Crippen LogP contribution < -0.4 is 5.32 Å². The molecule has 1 aromatic rings. The summed E-state index contributed by atoms with van der Waals surface area (Å²) in [6.45, 7) is 4.14. The zero-order valence-corrected chi connectivity index (χ0v) is 12.4. The van der Waals surface area contributed by atoms with Crippen LogP contribution in [0, 0.1) is 5.92 Å². The highest BCUT2D eigenvalue weighted by atomic mass is 16.3. The van der Waals surface area contributed by atoms with E-state index in [1.54, 1.807) is 0 Å². The molecule has 0 heterocycles. The Morgan fingerprint density at radius 2 is 2.15 bits per heavy atom. The van der Waals surface area contributed by atoms with Crippen LogP contribution in [-0.2, 0) is 4.79 Å². The summed E-state index contributed by atoms with van der Waals surface area (Å²) in [5.74, 6) is 0.388. The average molecular weight is 275 g/mol. The molecule has 0 aromatic heterocycles. The molecule has 0 saturated heterocycles. The Kier molecular flexibility index (Phi) is 4.81. The number of hydrogen-bond donors (Lipinski definition) is 2. The highest BCUT2D eigenvalue weighted by molar-refractivity contribution is 5.83. The zero-order valence-electron chi connectivity index (χ0n) is 12.4. The molecule has 2 N–H and O–H groups in total. The molecule has 2 rings (SSSR count). The SMILES string of the molecule is CC1CCCC(CO)(NC(=O)C(C)c2ccccc2)C1. The second-order valence-corrected chi connectivity index (χ2v) is 6.26. The molecule has 3 nitrogen and oxygen atoms in total. The predicted octanol–water partition coefficient (Wildman–Crippen LogP) is 2.85. The minimum atomic E-state index is -0.419. The lowest BCUT2D eigenvalue weighted by Gasteiger charge is -2.40. The molecule has 3 heteroatoms. The van der Waals surface area contributed by atoms with Crippen molar-refractivity contribution in [3.63, 3.8) is 0 Å². The Balaban J connectivity index is 2.06. The number of benzene rings is 1. The normalized spacial score (nSPS) is 27.9. The molecule has 0 radical (unpaired) electrons. The molecule has 110 valence electrons. The molecule has 1 aliphatic rings. The Morgan fingerprint density at radius 1 is 1.45 bits per heavy atom. The van der Waals surface area contributed by atoms with E-state index in [4.69, 9.17) is 0 Å². The Morgan fingerprint density at radius 3 is 2.75 bits per heavy atom. The number of carbonyl (C=O) groups is 1. The summed E-state index contributed by atoms with van der Waals surface area (Å²) in [5, 5.41) is 12.9. The molecule has 3 unspecified atom stereocenters. The van der Waals surface area contributed by atoms with Crippen LogP contribution in [0.1, 0.15) is 51.0 Å². The Hall–Kier alpha value is -1.35. The molecular formula is C17H25NO2. The van der Waals surface area contributed by atoms with Gasteiger partial charge in [-0.2, -0.15) is 0 Å². The summed E-state index contributed by atoms with van der Waals surface area (Å²) in [6, 6.07) is 9.79. The zero-order chi connectivity index (χ0) is 14.6. The molecule has 20 heavy (non-hydrogen) atoms. The monoisotopic (exact) mass is 275 g/mol. The van der Waals surface area contributed by atoms with Gasteiger partial charge in [0.2, 0.25) is 5.91 Å².